The van der Waals surface area contributed by atoms with E-state index < -0.39 is 0 Å². The molecule has 0 aromatic heterocycles. The maximum atomic E-state index is 12.2. The van der Waals surface area contributed by atoms with Gasteiger partial charge < -0.3 is 10.2 Å². The van der Waals surface area contributed by atoms with E-state index in [4.69, 9.17) is 0 Å². The molecule has 0 aliphatic carbocycles. The fraction of sp³-hybridized carbons (Fsp3) is 0.909. The van der Waals surface area contributed by atoms with Crippen LogP contribution in [0.5, 0.6) is 0 Å². The SMILES string of the molecule is CC1CN(C(=O)[C@H]2CCCCN2)CCS1. The molecule has 2 aliphatic rings. The summed E-state index contributed by atoms with van der Waals surface area (Å²) in [5, 5.41) is 3.94. The third kappa shape index (κ3) is 2.88. The lowest BCUT2D eigenvalue weighted by molar-refractivity contribution is -0.133. The zero-order chi connectivity index (χ0) is 10.7. The van der Waals surface area contributed by atoms with Gasteiger partial charge >= 0.3 is 0 Å². The van der Waals surface area contributed by atoms with Gasteiger partial charge in [0.25, 0.3) is 0 Å². The number of amides is 1. The van der Waals surface area contributed by atoms with Crippen LogP contribution in [0.3, 0.4) is 0 Å². The summed E-state index contributed by atoms with van der Waals surface area (Å²) in [5.74, 6) is 1.43. The molecule has 4 heteroatoms. The second-order valence-corrected chi connectivity index (χ2v) is 6.01. The minimum absolute atomic E-state index is 0.106. The Hall–Kier alpha value is -0.220. The van der Waals surface area contributed by atoms with Crippen molar-refractivity contribution in [3.8, 4) is 0 Å². The van der Waals surface area contributed by atoms with Crippen LogP contribution in [0.25, 0.3) is 0 Å². The lowest BCUT2D eigenvalue weighted by atomic mass is 10.0. The van der Waals surface area contributed by atoms with Gasteiger partial charge in [0, 0.05) is 24.1 Å². The predicted molar refractivity (Wildman–Crippen MR) is 64.1 cm³/mol. The van der Waals surface area contributed by atoms with E-state index in [2.05, 4.69) is 12.2 Å². The number of nitrogens with zero attached hydrogens (tertiary/aromatic N) is 1. The van der Waals surface area contributed by atoms with Gasteiger partial charge in [-0.2, -0.15) is 11.8 Å². The lowest BCUT2D eigenvalue weighted by Crippen LogP contribution is -2.51. The summed E-state index contributed by atoms with van der Waals surface area (Å²) < 4.78 is 0. The van der Waals surface area contributed by atoms with Gasteiger partial charge in [-0.25, -0.2) is 0 Å². The van der Waals surface area contributed by atoms with Gasteiger partial charge in [-0.3, -0.25) is 4.79 Å². The molecule has 0 aromatic rings. The Labute approximate surface area is 96.0 Å². The first-order valence-electron chi connectivity index (χ1n) is 5.91. The summed E-state index contributed by atoms with van der Waals surface area (Å²) in [4.78, 5) is 14.2. The normalized spacial score (nSPS) is 32.7. The van der Waals surface area contributed by atoms with E-state index in [1.807, 2.05) is 16.7 Å². The number of thioether (sulfide) groups is 1. The Morgan fingerprint density at radius 2 is 2.33 bits per heavy atom. The highest BCUT2D eigenvalue weighted by Gasteiger charge is 2.28. The van der Waals surface area contributed by atoms with E-state index in [0.29, 0.717) is 11.2 Å². The van der Waals surface area contributed by atoms with Crippen LogP contribution in [0.2, 0.25) is 0 Å². The summed E-state index contributed by atoms with van der Waals surface area (Å²) in [6, 6.07) is 0.106. The highest BCUT2D eigenvalue weighted by molar-refractivity contribution is 7.99. The van der Waals surface area contributed by atoms with Crippen LogP contribution in [0.15, 0.2) is 0 Å². The molecule has 3 nitrogen and oxygen atoms in total. The molecule has 2 heterocycles. The van der Waals surface area contributed by atoms with Gasteiger partial charge in [0.1, 0.15) is 0 Å². The van der Waals surface area contributed by atoms with Crippen LogP contribution >= 0.6 is 11.8 Å². The van der Waals surface area contributed by atoms with Crippen LogP contribution in [-0.2, 0) is 4.79 Å². The minimum atomic E-state index is 0.106. The molecule has 2 fully saturated rings. The summed E-state index contributed by atoms with van der Waals surface area (Å²) in [5.41, 5.74) is 0. The smallest absolute Gasteiger partial charge is 0.239 e. The Bertz CT molecular complexity index is 229. The largest absolute Gasteiger partial charge is 0.339 e. The topological polar surface area (TPSA) is 32.3 Å². The van der Waals surface area contributed by atoms with Crippen molar-refractivity contribution in [1.82, 2.24) is 10.2 Å². The molecule has 1 N–H and O–H groups in total. The highest BCUT2D eigenvalue weighted by Crippen LogP contribution is 2.19. The van der Waals surface area contributed by atoms with E-state index in [1.165, 1.54) is 12.8 Å². The van der Waals surface area contributed by atoms with Gasteiger partial charge in [0.05, 0.1) is 6.04 Å². The summed E-state index contributed by atoms with van der Waals surface area (Å²) in [6.07, 6.45) is 3.44. The minimum Gasteiger partial charge on any atom is -0.339 e. The molecule has 0 aromatic carbocycles. The lowest BCUT2D eigenvalue weighted by Gasteiger charge is -2.34. The van der Waals surface area contributed by atoms with Crippen molar-refractivity contribution in [2.24, 2.45) is 0 Å². The molecule has 86 valence electrons. The van der Waals surface area contributed by atoms with Crippen LogP contribution in [0, 0.1) is 0 Å². The van der Waals surface area contributed by atoms with Crippen LogP contribution < -0.4 is 5.32 Å². The van der Waals surface area contributed by atoms with Gasteiger partial charge in [-0.05, 0) is 19.4 Å². The Balaban J connectivity index is 1.88. The second-order valence-electron chi connectivity index (χ2n) is 4.47. The molecule has 0 radical (unpaired) electrons. The third-order valence-electron chi connectivity index (χ3n) is 3.16. The molecule has 1 amide bonds. The van der Waals surface area contributed by atoms with E-state index in [9.17, 15) is 4.79 Å². The van der Waals surface area contributed by atoms with Crippen molar-refractivity contribution < 1.29 is 4.79 Å². The molecule has 2 saturated heterocycles. The van der Waals surface area contributed by atoms with Crippen molar-refractivity contribution in [2.75, 3.05) is 25.4 Å². The van der Waals surface area contributed by atoms with Crippen molar-refractivity contribution >= 4 is 17.7 Å². The summed E-state index contributed by atoms with van der Waals surface area (Å²) in [6.45, 7) is 5.08. The van der Waals surface area contributed by atoms with Crippen LogP contribution in [0.4, 0.5) is 0 Å². The standard InChI is InChI=1S/C11H20N2OS/c1-9-8-13(6-7-15-9)11(14)10-4-2-3-5-12-10/h9-10,12H,2-8H2,1H3/t9?,10-/m1/s1. The first kappa shape index (κ1) is 11.3. The average Bonchev–Trinajstić information content (AvgIpc) is 2.29. The molecular weight excluding hydrogens is 208 g/mol. The number of nitrogens with one attached hydrogen (secondary N) is 1. The average molecular weight is 228 g/mol. The fourth-order valence-electron chi connectivity index (χ4n) is 2.30. The molecule has 2 rings (SSSR count). The number of hydrogen-bond donors (Lipinski definition) is 1. The van der Waals surface area contributed by atoms with Crippen LogP contribution in [-0.4, -0.2) is 47.5 Å². The zero-order valence-corrected chi connectivity index (χ0v) is 10.2. The fourth-order valence-corrected chi connectivity index (χ4v) is 3.32. The highest BCUT2D eigenvalue weighted by atomic mass is 32.2. The van der Waals surface area contributed by atoms with E-state index in [-0.39, 0.29) is 6.04 Å². The Kier molecular flexibility index (Phi) is 3.92. The van der Waals surface area contributed by atoms with Gasteiger partial charge in [-0.15, -0.1) is 0 Å². The van der Waals surface area contributed by atoms with Gasteiger partial charge in [-0.1, -0.05) is 13.3 Å². The van der Waals surface area contributed by atoms with Crippen molar-refractivity contribution in [2.45, 2.75) is 37.5 Å². The van der Waals surface area contributed by atoms with Gasteiger partial charge in [0.2, 0.25) is 5.91 Å². The van der Waals surface area contributed by atoms with E-state index in [1.54, 1.807) is 0 Å². The molecule has 0 bridgehead atoms. The monoisotopic (exact) mass is 228 g/mol. The number of piperidine rings is 1. The Morgan fingerprint density at radius 3 is 3.00 bits per heavy atom. The summed E-state index contributed by atoms with van der Waals surface area (Å²) in [7, 11) is 0. The molecule has 15 heavy (non-hydrogen) atoms. The molecular formula is C11H20N2OS. The number of rotatable bonds is 1. The van der Waals surface area contributed by atoms with Crippen molar-refractivity contribution in [3.05, 3.63) is 0 Å². The second kappa shape index (κ2) is 5.21. The zero-order valence-electron chi connectivity index (χ0n) is 9.37. The molecule has 0 saturated carbocycles. The van der Waals surface area contributed by atoms with Crippen molar-refractivity contribution in [3.63, 3.8) is 0 Å². The van der Waals surface area contributed by atoms with Crippen molar-refractivity contribution in [1.29, 1.82) is 0 Å². The molecule has 2 atom stereocenters. The molecule has 0 spiro atoms. The number of hydrogen-bond acceptors (Lipinski definition) is 3. The van der Waals surface area contributed by atoms with Crippen LogP contribution in [0.1, 0.15) is 26.2 Å². The molecule has 2 aliphatic heterocycles. The first-order chi connectivity index (χ1) is 7.27. The summed E-state index contributed by atoms with van der Waals surface area (Å²) >= 11 is 1.97. The van der Waals surface area contributed by atoms with E-state index in [0.717, 1.165) is 31.8 Å². The number of carbonyl (C=O) groups is 1. The van der Waals surface area contributed by atoms with E-state index >= 15 is 0 Å². The predicted octanol–water partition coefficient (Wildman–Crippen LogP) is 1.09. The third-order valence-corrected chi connectivity index (χ3v) is 4.30. The molecule has 1 unspecified atom stereocenters. The quantitative estimate of drug-likeness (QED) is 0.729. The maximum Gasteiger partial charge on any atom is 0.239 e. The number of carbonyl (C=O) groups excluding carboxylic acids is 1. The maximum absolute atomic E-state index is 12.2. The Morgan fingerprint density at radius 1 is 1.47 bits per heavy atom. The van der Waals surface area contributed by atoms with Gasteiger partial charge in [0.15, 0.2) is 0 Å². The first-order valence-corrected chi connectivity index (χ1v) is 6.96.